The molecule has 0 aliphatic heterocycles. The van der Waals surface area contributed by atoms with Crippen LogP contribution in [0.2, 0.25) is 5.02 Å². The number of nitrogens with one attached hydrogen (secondary N) is 2. The zero-order valence-electron chi connectivity index (χ0n) is 13.1. The standard InChI is InChI=1S/C16H20ClN3O2/c1-4-22-16(21)13-10-19-14-6-5-11(17)9-12(14)15(13)18-7-8-20(2)3/h5-6,9-10H,4,7-8H2,1-3H3,(H,18,19)/p+1. The third-order valence-electron chi connectivity index (χ3n) is 3.25. The van der Waals surface area contributed by atoms with Crippen molar-refractivity contribution in [3.63, 3.8) is 0 Å². The molecule has 0 bridgehead atoms. The maximum Gasteiger partial charge on any atom is 0.341 e. The van der Waals surface area contributed by atoms with Crippen molar-refractivity contribution in [1.29, 1.82) is 0 Å². The van der Waals surface area contributed by atoms with Crippen LogP contribution in [0.15, 0.2) is 24.4 Å². The summed E-state index contributed by atoms with van der Waals surface area (Å²) in [4.78, 5) is 17.8. The van der Waals surface area contributed by atoms with E-state index >= 15 is 0 Å². The lowest BCUT2D eigenvalue weighted by Crippen LogP contribution is -3.06. The summed E-state index contributed by atoms with van der Waals surface area (Å²) in [6.45, 7) is 3.77. The second-order valence-electron chi connectivity index (χ2n) is 5.31. The number of hydrogen-bond acceptors (Lipinski definition) is 4. The Morgan fingerprint density at radius 2 is 2.18 bits per heavy atom. The molecule has 118 valence electrons. The molecule has 1 aromatic carbocycles. The number of pyridine rings is 1. The largest absolute Gasteiger partial charge is 0.462 e. The molecule has 5 nitrogen and oxygen atoms in total. The average molecular weight is 323 g/mol. The van der Waals surface area contributed by atoms with Crippen molar-refractivity contribution in [2.24, 2.45) is 0 Å². The van der Waals surface area contributed by atoms with Gasteiger partial charge < -0.3 is 15.0 Å². The van der Waals surface area contributed by atoms with Crippen LogP contribution in [0.1, 0.15) is 17.3 Å². The Morgan fingerprint density at radius 3 is 2.86 bits per heavy atom. The molecule has 0 atom stereocenters. The van der Waals surface area contributed by atoms with Crippen LogP contribution >= 0.6 is 11.6 Å². The lowest BCUT2D eigenvalue weighted by Gasteiger charge is -2.15. The Kier molecular flexibility index (Phi) is 5.57. The van der Waals surface area contributed by atoms with Gasteiger partial charge in [0.2, 0.25) is 0 Å². The fourth-order valence-corrected chi connectivity index (χ4v) is 2.33. The first kappa shape index (κ1) is 16.5. The predicted octanol–water partition coefficient (Wildman–Crippen LogP) is 1.62. The van der Waals surface area contributed by atoms with Crippen LogP contribution in [-0.2, 0) is 4.74 Å². The molecule has 0 aliphatic rings. The van der Waals surface area contributed by atoms with Crippen LogP contribution in [0, 0.1) is 0 Å². The normalized spacial score (nSPS) is 11.0. The Labute approximate surface area is 135 Å². The number of anilines is 1. The third kappa shape index (κ3) is 3.87. The number of carbonyl (C=O) groups is 1. The molecule has 1 aromatic heterocycles. The maximum absolute atomic E-state index is 12.2. The van der Waals surface area contributed by atoms with Crippen molar-refractivity contribution in [3.8, 4) is 0 Å². The number of nitrogens with zero attached hydrogens (tertiary/aromatic N) is 1. The summed E-state index contributed by atoms with van der Waals surface area (Å²) in [5.41, 5.74) is 1.95. The minimum atomic E-state index is -0.378. The number of likely N-dealkylation sites (N-methyl/N-ethyl adjacent to an activating group) is 1. The van der Waals surface area contributed by atoms with Crippen molar-refractivity contribution in [2.45, 2.75) is 6.92 Å². The van der Waals surface area contributed by atoms with Crippen molar-refractivity contribution in [2.75, 3.05) is 39.1 Å². The number of hydrogen-bond donors (Lipinski definition) is 2. The Balaban J connectivity index is 2.46. The zero-order valence-corrected chi connectivity index (χ0v) is 13.8. The minimum Gasteiger partial charge on any atom is -0.462 e. The molecule has 0 fully saturated rings. The van der Waals surface area contributed by atoms with Gasteiger partial charge in [0.1, 0.15) is 5.56 Å². The second kappa shape index (κ2) is 7.42. The smallest absolute Gasteiger partial charge is 0.341 e. The fraction of sp³-hybridized carbons (Fsp3) is 0.375. The third-order valence-corrected chi connectivity index (χ3v) is 3.49. The topological polar surface area (TPSA) is 55.7 Å². The van der Waals surface area contributed by atoms with Crippen LogP contribution in [0.5, 0.6) is 0 Å². The van der Waals surface area contributed by atoms with Gasteiger partial charge in [0.25, 0.3) is 0 Å². The SMILES string of the molecule is CCOC(=O)c1cnc2ccc(Cl)cc2c1NCC[NH+](C)C. The molecule has 2 N–H and O–H groups in total. The van der Waals surface area contributed by atoms with Gasteiger partial charge >= 0.3 is 5.97 Å². The number of fused-ring (bicyclic) bond motifs is 1. The first-order chi connectivity index (χ1) is 10.5. The second-order valence-corrected chi connectivity index (χ2v) is 5.75. The van der Waals surface area contributed by atoms with Crippen molar-refractivity contribution in [3.05, 3.63) is 35.0 Å². The number of rotatable bonds is 6. The highest BCUT2D eigenvalue weighted by Gasteiger charge is 2.17. The first-order valence-electron chi connectivity index (χ1n) is 7.31. The monoisotopic (exact) mass is 322 g/mol. The van der Waals surface area contributed by atoms with Gasteiger partial charge in [-0.1, -0.05) is 11.6 Å². The van der Waals surface area contributed by atoms with Crippen molar-refractivity contribution < 1.29 is 14.4 Å². The molecule has 1 heterocycles. The Bertz CT molecular complexity index is 674. The summed E-state index contributed by atoms with van der Waals surface area (Å²) in [7, 11) is 4.16. The first-order valence-corrected chi connectivity index (χ1v) is 7.69. The van der Waals surface area contributed by atoms with E-state index in [1.807, 2.05) is 12.1 Å². The highest BCUT2D eigenvalue weighted by Crippen LogP contribution is 2.28. The number of ether oxygens (including phenoxy) is 1. The number of halogens is 1. The number of carbonyl (C=O) groups excluding carboxylic acids is 1. The maximum atomic E-state index is 12.2. The summed E-state index contributed by atoms with van der Waals surface area (Å²) >= 11 is 6.09. The molecule has 2 rings (SSSR count). The van der Waals surface area contributed by atoms with Gasteiger partial charge in [-0.2, -0.15) is 0 Å². The van der Waals surface area contributed by atoms with E-state index in [2.05, 4.69) is 24.4 Å². The molecule has 0 spiro atoms. The lowest BCUT2D eigenvalue weighted by molar-refractivity contribution is -0.856. The molecule has 6 heteroatoms. The van der Waals surface area contributed by atoms with Gasteiger partial charge in [-0.05, 0) is 25.1 Å². The lowest BCUT2D eigenvalue weighted by atomic mass is 10.1. The van der Waals surface area contributed by atoms with E-state index in [9.17, 15) is 4.79 Å². The zero-order chi connectivity index (χ0) is 16.1. The summed E-state index contributed by atoms with van der Waals surface area (Å²) in [5.74, 6) is -0.378. The van der Waals surface area contributed by atoms with Crippen LogP contribution in [0.4, 0.5) is 5.69 Å². The van der Waals surface area contributed by atoms with E-state index < -0.39 is 0 Å². The summed E-state index contributed by atoms with van der Waals surface area (Å²) in [5, 5.41) is 4.77. The summed E-state index contributed by atoms with van der Waals surface area (Å²) in [6, 6.07) is 5.45. The average Bonchev–Trinajstić information content (AvgIpc) is 2.47. The van der Waals surface area contributed by atoms with Crippen LogP contribution in [-0.4, -0.2) is 44.7 Å². The quantitative estimate of drug-likeness (QED) is 0.794. The van der Waals surface area contributed by atoms with Gasteiger partial charge in [0.15, 0.2) is 0 Å². The van der Waals surface area contributed by atoms with E-state index in [4.69, 9.17) is 16.3 Å². The molecular formula is C16H21ClN3O2+. The van der Waals surface area contributed by atoms with E-state index in [0.29, 0.717) is 17.2 Å². The van der Waals surface area contributed by atoms with E-state index in [-0.39, 0.29) is 5.97 Å². The van der Waals surface area contributed by atoms with Crippen molar-refractivity contribution in [1.82, 2.24) is 4.98 Å². The molecule has 0 amide bonds. The van der Waals surface area contributed by atoms with Gasteiger partial charge in [0, 0.05) is 16.6 Å². The number of aromatic nitrogens is 1. The molecule has 2 aromatic rings. The Hall–Kier alpha value is -1.85. The van der Waals surface area contributed by atoms with Crippen molar-refractivity contribution >= 4 is 34.2 Å². The van der Waals surface area contributed by atoms with E-state index in [1.54, 1.807) is 19.2 Å². The number of esters is 1. The highest BCUT2D eigenvalue weighted by atomic mass is 35.5. The van der Waals surface area contributed by atoms with Crippen LogP contribution < -0.4 is 10.2 Å². The molecular weight excluding hydrogens is 302 g/mol. The van der Waals surface area contributed by atoms with E-state index in [0.717, 1.165) is 29.7 Å². The minimum absolute atomic E-state index is 0.327. The number of quaternary nitrogens is 1. The van der Waals surface area contributed by atoms with Crippen LogP contribution in [0.25, 0.3) is 10.9 Å². The van der Waals surface area contributed by atoms with Crippen LogP contribution in [0.3, 0.4) is 0 Å². The van der Waals surface area contributed by atoms with Gasteiger partial charge in [0.05, 0.1) is 45.0 Å². The molecule has 0 radical (unpaired) electrons. The molecule has 0 saturated carbocycles. The molecule has 0 aliphatic carbocycles. The highest BCUT2D eigenvalue weighted by molar-refractivity contribution is 6.31. The molecule has 22 heavy (non-hydrogen) atoms. The summed E-state index contributed by atoms with van der Waals surface area (Å²) < 4.78 is 5.12. The molecule has 0 saturated heterocycles. The van der Waals surface area contributed by atoms with E-state index in [1.165, 1.54) is 4.90 Å². The molecule has 0 unspecified atom stereocenters. The van der Waals surface area contributed by atoms with Gasteiger partial charge in [-0.25, -0.2) is 4.79 Å². The fourth-order valence-electron chi connectivity index (χ4n) is 2.16. The predicted molar refractivity (Wildman–Crippen MR) is 88.9 cm³/mol. The van der Waals surface area contributed by atoms with Gasteiger partial charge in [-0.15, -0.1) is 0 Å². The number of benzene rings is 1. The summed E-state index contributed by atoms with van der Waals surface area (Å²) in [6.07, 6.45) is 1.55. The van der Waals surface area contributed by atoms with Gasteiger partial charge in [-0.3, -0.25) is 4.98 Å². The Morgan fingerprint density at radius 1 is 1.41 bits per heavy atom.